The van der Waals surface area contributed by atoms with Crippen LogP contribution in [-0.4, -0.2) is 28.0 Å². The summed E-state index contributed by atoms with van der Waals surface area (Å²) in [5, 5.41) is 11.2. The van der Waals surface area contributed by atoms with E-state index in [0.717, 1.165) is 21.4 Å². The quantitative estimate of drug-likeness (QED) is 0.383. The van der Waals surface area contributed by atoms with E-state index in [1.54, 1.807) is 29.1 Å². The number of carbonyl (C=O) groups excluding carboxylic acids is 1. The topological polar surface area (TPSA) is 91.4 Å². The molecule has 4 aromatic rings. The van der Waals surface area contributed by atoms with E-state index in [0.29, 0.717) is 28.5 Å². The Balaban J connectivity index is 1.53. The van der Waals surface area contributed by atoms with Crippen LogP contribution < -0.4 is 14.8 Å². The van der Waals surface area contributed by atoms with Crippen molar-refractivity contribution in [1.82, 2.24) is 14.9 Å². The maximum Gasteiger partial charge on any atom is 0.255 e. The van der Waals surface area contributed by atoms with Crippen LogP contribution in [0.25, 0.3) is 5.69 Å². The fourth-order valence-electron chi connectivity index (χ4n) is 3.19. The molecule has 2 heterocycles. The van der Waals surface area contributed by atoms with E-state index < -0.39 is 0 Å². The highest BCUT2D eigenvalue weighted by Gasteiger charge is 2.16. The van der Waals surface area contributed by atoms with Gasteiger partial charge in [-0.15, -0.1) is 0 Å². The number of para-hydroxylation sites is 2. The van der Waals surface area contributed by atoms with Gasteiger partial charge in [0.1, 0.15) is 12.4 Å². The molecular weight excluding hydrogens is 476 g/mol. The van der Waals surface area contributed by atoms with Crippen LogP contribution in [0.4, 0.5) is 5.69 Å². The van der Waals surface area contributed by atoms with Crippen LogP contribution in [0.1, 0.15) is 27.4 Å². The molecule has 0 radical (unpaired) electrons. The summed E-state index contributed by atoms with van der Waals surface area (Å²) >= 11 is 3.39. The molecule has 32 heavy (non-hydrogen) atoms. The van der Waals surface area contributed by atoms with Gasteiger partial charge in [-0.25, -0.2) is 4.68 Å². The summed E-state index contributed by atoms with van der Waals surface area (Å²) in [5.74, 6) is 1.40. The minimum atomic E-state index is -0.278. The third kappa shape index (κ3) is 4.52. The second-order valence-corrected chi connectivity index (χ2v) is 7.95. The first-order valence-electron chi connectivity index (χ1n) is 9.79. The second kappa shape index (κ2) is 9.27. The lowest BCUT2D eigenvalue weighted by Gasteiger charge is -2.14. The van der Waals surface area contributed by atoms with Gasteiger partial charge in [-0.05, 0) is 60.1 Å². The van der Waals surface area contributed by atoms with E-state index in [1.807, 2.05) is 44.3 Å². The second-order valence-electron chi connectivity index (χ2n) is 7.03. The molecule has 2 aromatic carbocycles. The number of halogens is 1. The summed E-state index contributed by atoms with van der Waals surface area (Å²) in [6.07, 6.45) is 3.50. The minimum Gasteiger partial charge on any atom is -0.493 e. The van der Waals surface area contributed by atoms with Crippen molar-refractivity contribution in [3.05, 3.63) is 81.9 Å². The third-order valence-corrected chi connectivity index (χ3v) is 5.34. The number of nitrogens with zero attached hydrogens (tertiary/aromatic N) is 3. The Labute approximate surface area is 193 Å². The normalized spacial score (nSPS) is 10.8. The number of amides is 1. The summed E-state index contributed by atoms with van der Waals surface area (Å²) in [6.45, 7) is 3.98. The molecular formula is C23H21BrN4O4. The molecule has 0 aliphatic rings. The highest BCUT2D eigenvalue weighted by atomic mass is 79.9. The summed E-state index contributed by atoms with van der Waals surface area (Å²) in [4.78, 5) is 12.9. The molecule has 9 heteroatoms. The van der Waals surface area contributed by atoms with Crippen molar-refractivity contribution < 1.29 is 18.8 Å². The highest BCUT2D eigenvalue weighted by Crippen LogP contribution is 2.30. The van der Waals surface area contributed by atoms with E-state index in [9.17, 15) is 4.79 Å². The molecule has 0 fully saturated rings. The van der Waals surface area contributed by atoms with Gasteiger partial charge >= 0.3 is 0 Å². The maximum atomic E-state index is 12.9. The number of benzene rings is 2. The molecule has 0 bridgehead atoms. The largest absolute Gasteiger partial charge is 0.493 e. The van der Waals surface area contributed by atoms with Gasteiger partial charge in [0.25, 0.3) is 5.91 Å². The Hall–Kier alpha value is -3.59. The Bertz CT molecular complexity index is 1250. The number of aryl methyl sites for hydroxylation is 2. The first kappa shape index (κ1) is 21.6. The fourth-order valence-corrected chi connectivity index (χ4v) is 3.48. The molecule has 1 amide bonds. The Morgan fingerprint density at radius 1 is 1.19 bits per heavy atom. The molecule has 0 spiro atoms. The molecule has 0 saturated heterocycles. The van der Waals surface area contributed by atoms with E-state index >= 15 is 0 Å². The lowest BCUT2D eigenvalue weighted by molar-refractivity contribution is 0.102. The number of aromatic nitrogens is 3. The van der Waals surface area contributed by atoms with Gasteiger partial charge in [0.2, 0.25) is 0 Å². The van der Waals surface area contributed by atoms with Crippen LogP contribution in [0.3, 0.4) is 0 Å². The molecule has 0 saturated carbocycles. The van der Waals surface area contributed by atoms with Gasteiger partial charge in [0.05, 0.1) is 40.4 Å². The van der Waals surface area contributed by atoms with Crippen molar-refractivity contribution in [1.29, 1.82) is 0 Å². The molecule has 0 unspecified atom stereocenters. The predicted molar refractivity (Wildman–Crippen MR) is 123 cm³/mol. The maximum absolute atomic E-state index is 12.9. The number of hydrogen-bond acceptors (Lipinski definition) is 6. The standard InChI is InChI=1S/C23H21BrN4O4/c1-14-18(15(2)32-27-14)13-31-21-9-8-16(10-22(21)30-3)23(29)26-19-6-4-5-7-20(19)28-12-17(24)11-25-28/h4-12H,13H2,1-3H3,(H,26,29). The Kier molecular flexibility index (Phi) is 6.27. The van der Waals surface area contributed by atoms with Crippen LogP contribution in [0, 0.1) is 13.8 Å². The van der Waals surface area contributed by atoms with Gasteiger partial charge in [-0.3, -0.25) is 4.79 Å². The summed E-state index contributed by atoms with van der Waals surface area (Å²) in [5.41, 5.74) is 3.47. The van der Waals surface area contributed by atoms with Gasteiger partial charge in [-0.1, -0.05) is 17.3 Å². The number of methoxy groups -OCH3 is 1. The average Bonchev–Trinajstić information content (AvgIpc) is 3.37. The molecule has 0 aliphatic carbocycles. The lowest BCUT2D eigenvalue weighted by atomic mass is 10.1. The van der Waals surface area contributed by atoms with Crippen LogP contribution in [0.15, 0.2) is 63.9 Å². The van der Waals surface area contributed by atoms with Crippen LogP contribution in [0.2, 0.25) is 0 Å². The zero-order valence-corrected chi connectivity index (χ0v) is 19.3. The summed E-state index contributed by atoms with van der Waals surface area (Å²) in [6, 6.07) is 12.5. The van der Waals surface area contributed by atoms with Crippen LogP contribution >= 0.6 is 15.9 Å². The molecule has 8 nitrogen and oxygen atoms in total. The first-order valence-corrected chi connectivity index (χ1v) is 10.6. The first-order chi connectivity index (χ1) is 15.5. The number of rotatable bonds is 7. The lowest BCUT2D eigenvalue weighted by Crippen LogP contribution is -2.14. The number of ether oxygens (including phenoxy) is 2. The van der Waals surface area contributed by atoms with Crippen LogP contribution in [0.5, 0.6) is 11.5 Å². The molecule has 4 rings (SSSR count). The molecule has 1 N–H and O–H groups in total. The molecule has 164 valence electrons. The summed E-state index contributed by atoms with van der Waals surface area (Å²) in [7, 11) is 1.53. The van der Waals surface area contributed by atoms with Crippen molar-refractivity contribution in [2.75, 3.05) is 12.4 Å². The summed E-state index contributed by atoms with van der Waals surface area (Å²) < 4.78 is 19.0. The third-order valence-electron chi connectivity index (χ3n) is 4.93. The van der Waals surface area contributed by atoms with Gasteiger partial charge < -0.3 is 19.3 Å². The zero-order valence-electron chi connectivity index (χ0n) is 17.8. The highest BCUT2D eigenvalue weighted by molar-refractivity contribution is 9.10. The minimum absolute atomic E-state index is 0.278. The molecule has 0 atom stereocenters. The predicted octanol–water partition coefficient (Wildman–Crippen LogP) is 5.08. The van der Waals surface area contributed by atoms with E-state index in [4.69, 9.17) is 14.0 Å². The zero-order chi connectivity index (χ0) is 22.7. The monoisotopic (exact) mass is 496 g/mol. The smallest absolute Gasteiger partial charge is 0.255 e. The van der Waals surface area contributed by atoms with Crippen molar-refractivity contribution in [3.63, 3.8) is 0 Å². The van der Waals surface area contributed by atoms with Crippen molar-refractivity contribution >= 4 is 27.5 Å². The number of hydrogen-bond donors (Lipinski definition) is 1. The number of nitrogens with one attached hydrogen (secondary N) is 1. The van der Waals surface area contributed by atoms with Gasteiger partial charge in [-0.2, -0.15) is 5.10 Å². The van der Waals surface area contributed by atoms with Gasteiger partial charge in [0.15, 0.2) is 11.5 Å². The molecule has 2 aromatic heterocycles. The SMILES string of the molecule is COc1cc(C(=O)Nc2ccccc2-n2cc(Br)cn2)ccc1OCc1c(C)noc1C. The number of carbonyl (C=O) groups is 1. The Morgan fingerprint density at radius 3 is 2.69 bits per heavy atom. The van der Waals surface area contributed by atoms with Crippen molar-refractivity contribution in [2.45, 2.75) is 20.5 Å². The Morgan fingerprint density at radius 2 is 2.00 bits per heavy atom. The number of anilines is 1. The van der Waals surface area contributed by atoms with Crippen molar-refractivity contribution in [3.8, 4) is 17.2 Å². The molecule has 0 aliphatic heterocycles. The average molecular weight is 497 g/mol. The fraction of sp³-hybridized carbons (Fsp3) is 0.174. The van der Waals surface area contributed by atoms with Gasteiger partial charge in [0, 0.05) is 11.8 Å². The van der Waals surface area contributed by atoms with E-state index in [2.05, 4.69) is 31.5 Å². The van der Waals surface area contributed by atoms with E-state index in [1.165, 1.54) is 7.11 Å². The van der Waals surface area contributed by atoms with Crippen molar-refractivity contribution in [2.24, 2.45) is 0 Å². The van der Waals surface area contributed by atoms with Crippen LogP contribution in [-0.2, 0) is 6.61 Å². The van der Waals surface area contributed by atoms with E-state index in [-0.39, 0.29) is 12.5 Å².